The number of pyridine rings is 1. The smallest absolute Gasteiger partial charge is 0.408 e. The van der Waals surface area contributed by atoms with Crippen LogP contribution in [0, 0.1) is 5.92 Å². The average molecular weight is 956 g/mol. The molecule has 4 fully saturated rings. The summed E-state index contributed by atoms with van der Waals surface area (Å²) in [4.78, 5) is 65.3. The maximum Gasteiger partial charge on any atom is 0.408 e. The van der Waals surface area contributed by atoms with Crippen LogP contribution < -0.4 is 30.7 Å². The van der Waals surface area contributed by atoms with Crippen LogP contribution in [0.1, 0.15) is 97.3 Å². The molecule has 6 atom stereocenters. The molecule has 2 saturated carbocycles. The van der Waals surface area contributed by atoms with E-state index in [0.29, 0.717) is 58.2 Å². The molecule has 2 aromatic heterocycles. The standard InChI is InChI=1S/C43H58ClF3N7O8PS/c1-25(2)49-40-51-32(23-64-40)31-20-35(29-15-16-34(60-3)36(44)37(29)50-31)61-28-19-33-38(55)53-42(63(58,59)18-17-48-24-43(45,46)47)21-26(42)11-7-5-4-6-8-14-30(39(56)54(33)22-28)52-41(57)62-27-12-9-10-13-27/h15-16,20,23,25-28,30,33,48H,4-14,17-19,21-22,24H2,1-3H3,(H,49,51)(H,52,57)(H,53,55)(H,58,59)/t26-,28-,30+,33+,42+/m1/s1. The van der Waals surface area contributed by atoms with Crippen molar-refractivity contribution in [3.8, 4) is 22.9 Å². The molecule has 7 rings (SSSR count). The lowest BCUT2D eigenvalue weighted by molar-refractivity contribution is -0.140. The van der Waals surface area contributed by atoms with Crippen molar-refractivity contribution in [2.45, 2.75) is 139 Å². The number of methoxy groups -OCH3 is 1. The van der Waals surface area contributed by atoms with Gasteiger partial charge in [-0.05, 0) is 76.8 Å². The third-order valence-electron chi connectivity index (χ3n) is 12.6. The van der Waals surface area contributed by atoms with Crippen molar-refractivity contribution in [1.82, 2.24) is 30.8 Å². The Hall–Kier alpha value is -3.90. The number of benzene rings is 1. The van der Waals surface area contributed by atoms with Crippen LogP contribution in [0.25, 0.3) is 22.3 Å². The van der Waals surface area contributed by atoms with E-state index in [1.165, 1.54) is 23.3 Å². The van der Waals surface area contributed by atoms with Gasteiger partial charge in [0, 0.05) is 42.0 Å². The van der Waals surface area contributed by atoms with E-state index in [1.54, 1.807) is 18.2 Å². The zero-order valence-corrected chi connectivity index (χ0v) is 38.8. The van der Waals surface area contributed by atoms with Crippen molar-refractivity contribution >= 4 is 64.2 Å². The number of aromatic nitrogens is 2. The molecule has 3 amide bonds. The summed E-state index contributed by atoms with van der Waals surface area (Å²) in [6.07, 6.45) is 1.21. The predicted molar refractivity (Wildman–Crippen MR) is 238 cm³/mol. The summed E-state index contributed by atoms with van der Waals surface area (Å²) in [6.45, 7) is 2.19. The topological polar surface area (TPSA) is 193 Å². The van der Waals surface area contributed by atoms with Crippen LogP contribution in [0.4, 0.5) is 23.1 Å². The number of alkyl halides is 3. The van der Waals surface area contributed by atoms with Crippen molar-refractivity contribution < 1.29 is 51.2 Å². The number of thiazole rings is 1. The summed E-state index contributed by atoms with van der Waals surface area (Å²) in [5, 5.41) is 12.9. The third kappa shape index (κ3) is 11.4. The molecule has 2 aliphatic carbocycles. The van der Waals surface area contributed by atoms with Crippen LogP contribution in [0.5, 0.6) is 11.5 Å². The maximum atomic E-state index is 14.8. The molecule has 2 aliphatic heterocycles. The first-order valence-corrected chi connectivity index (χ1v) is 25.3. The van der Waals surface area contributed by atoms with Gasteiger partial charge in [0.15, 0.2) is 5.13 Å². The number of ether oxygens (including phenoxy) is 3. The molecule has 21 heteroatoms. The Bertz CT molecular complexity index is 2210. The number of amides is 3. The van der Waals surface area contributed by atoms with E-state index in [1.807, 2.05) is 19.2 Å². The van der Waals surface area contributed by atoms with Crippen LogP contribution in [-0.4, -0.2) is 112 Å². The van der Waals surface area contributed by atoms with Gasteiger partial charge in [-0.15, -0.1) is 11.3 Å². The van der Waals surface area contributed by atoms with E-state index >= 15 is 0 Å². The minimum absolute atomic E-state index is 0.0391. The van der Waals surface area contributed by atoms with Crippen molar-refractivity contribution in [3.05, 3.63) is 28.6 Å². The van der Waals surface area contributed by atoms with E-state index in [-0.39, 0.29) is 55.4 Å². The fourth-order valence-corrected chi connectivity index (χ4v) is 12.7. The molecule has 0 spiro atoms. The Kier molecular flexibility index (Phi) is 15.2. The van der Waals surface area contributed by atoms with Gasteiger partial charge in [-0.3, -0.25) is 14.2 Å². The number of nitrogens with one attached hydrogen (secondary N) is 4. The largest absolute Gasteiger partial charge is 0.495 e. The zero-order chi connectivity index (χ0) is 45.8. The highest BCUT2D eigenvalue weighted by molar-refractivity contribution is 7.60. The summed E-state index contributed by atoms with van der Waals surface area (Å²) >= 11 is 8.25. The number of halogens is 4. The van der Waals surface area contributed by atoms with Gasteiger partial charge in [-0.25, -0.2) is 14.8 Å². The molecule has 0 bridgehead atoms. The van der Waals surface area contributed by atoms with E-state index < -0.39 is 67.6 Å². The molecule has 352 valence electrons. The second-order valence-electron chi connectivity index (χ2n) is 17.7. The van der Waals surface area contributed by atoms with Gasteiger partial charge in [0.25, 0.3) is 0 Å². The monoisotopic (exact) mass is 955 g/mol. The summed E-state index contributed by atoms with van der Waals surface area (Å²) < 4.78 is 71.0. The van der Waals surface area contributed by atoms with Gasteiger partial charge in [0.05, 0.1) is 31.4 Å². The third-order valence-corrected chi connectivity index (χ3v) is 16.4. The minimum atomic E-state index is -4.51. The summed E-state index contributed by atoms with van der Waals surface area (Å²) in [7, 11) is -2.82. The van der Waals surface area contributed by atoms with Gasteiger partial charge in [-0.2, -0.15) is 13.2 Å². The van der Waals surface area contributed by atoms with Crippen LogP contribution in [-0.2, 0) is 18.9 Å². The van der Waals surface area contributed by atoms with Crippen molar-refractivity contribution in [3.63, 3.8) is 0 Å². The van der Waals surface area contributed by atoms with Gasteiger partial charge < -0.3 is 45.3 Å². The first-order chi connectivity index (χ1) is 30.5. The average Bonchev–Trinajstić information content (AvgIpc) is 3.65. The highest BCUT2D eigenvalue weighted by Crippen LogP contribution is 2.70. The highest BCUT2D eigenvalue weighted by Gasteiger charge is 2.66. The number of carbonyl (C=O) groups excluding carboxylic acids is 3. The van der Waals surface area contributed by atoms with Crippen LogP contribution in [0.3, 0.4) is 0 Å². The van der Waals surface area contributed by atoms with Gasteiger partial charge in [0.2, 0.25) is 19.2 Å². The number of hydrogen-bond donors (Lipinski definition) is 5. The van der Waals surface area contributed by atoms with E-state index in [2.05, 4.69) is 21.3 Å². The van der Waals surface area contributed by atoms with E-state index in [9.17, 15) is 37.0 Å². The molecule has 2 saturated heterocycles. The van der Waals surface area contributed by atoms with Gasteiger partial charge in [-0.1, -0.05) is 43.7 Å². The molecular formula is C43H58ClF3N7O8PS. The van der Waals surface area contributed by atoms with Crippen LogP contribution >= 0.6 is 30.3 Å². The lowest BCUT2D eigenvalue weighted by Crippen LogP contribution is -2.55. The normalized spacial score (nSPS) is 25.7. The van der Waals surface area contributed by atoms with Crippen molar-refractivity contribution in [2.75, 3.05) is 38.2 Å². The van der Waals surface area contributed by atoms with Crippen molar-refractivity contribution in [1.29, 1.82) is 0 Å². The Labute approximate surface area is 379 Å². The molecule has 15 nitrogen and oxygen atoms in total. The van der Waals surface area contributed by atoms with Crippen molar-refractivity contribution in [2.24, 2.45) is 5.92 Å². The fraction of sp³-hybridized carbons (Fsp3) is 0.651. The summed E-state index contributed by atoms with van der Waals surface area (Å²) in [5.74, 6) is -0.884. The highest BCUT2D eigenvalue weighted by atomic mass is 35.5. The second kappa shape index (κ2) is 20.3. The molecule has 3 aromatic rings. The number of alkyl carbamates (subject to hydrolysis) is 1. The number of fused-ring (bicyclic) bond motifs is 3. The minimum Gasteiger partial charge on any atom is -0.495 e. The first kappa shape index (κ1) is 48.0. The molecule has 4 aliphatic rings. The predicted octanol–water partition coefficient (Wildman–Crippen LogP) is 8.23. The molecule has 64 heavy (non-hydrogen) atoms. The van der Waals surface area contributed by atoms with E-state index in [4.69, 9.17) is 35.8 Å². The molecule has 1 aromatic carbocycles. The number of rotatable bonds is 13. The number of carbonyl (C=O) groups is 3. The lowest BCUT2D eigenvalue weighted by Gasteiger charge is -2.31. The second-order valence-corrected chi connectivity index (χ2v) is 21.6. The molecule has 5 N–H and O–H groups in total. The van der Waals surface area contributed by atoms with E-state index in [0.717, 1.165) is 44.9 Å². The van der Waals surface area contributed by atoms with Gasteiger partial charge >= 0.3 is 12.3 Å². The molecule has 1 unspecified atom stereocenters. The SMILES string of the molecule is COc1ccc2c(O[C@@H]3C[C@H]4C(=O)N[C@]5(P(=O)(O)CCNCC(F)(F)F)C[C@H]5CCCCCCC[C@H](NC(=O)OC5CCCC5)C(=O)N4C3)cc(-c3csc(NC(C)C)n3)nc2c1Cl. The fourth-order valence-electron chi connectivity index (χ4n) is 9.20. The quantitative estimate of drug-likeness (QED) is 0.0816. The number of nitrogens with zero attached hydrogens (tertiary/aromatic N) is 3. The molecule has 0 radical (unpaired) electrons. The summed E-state index contributed by atoms with van der Waals surface area (Å²) in [5.41, 5.74) is 1.37. The van der Waals surface area contributed by atoms with Crippen LogP contribution in [0.15, 0.2) is 23.6 Å². The Morgan fingerprint density at radius 3 is 2.48 bits per heavy atom. The van der Waals surface area contributed by atoms with Crippen LogP contribution in [0.2, 0.25) is 5.02 Å². The Morgan fingerprint density at radius 2 is 1.77 bits per heavy atom. The lowest BCUT2D eigenvalue weighted by atomic mass is 10.0. The Balaban J connectivity index is 1.21. The zero-order valence-electron chi connectivity index (χ0n) is 36.3. The Morgan fingerprint density at radius 1 is 1.05 bits per heavy atom. The number of anilines is 1. The molecular weight excluding hydrogens is 898 g/mol. The number of hydrogen-bond acceptors (Lipinski definition) is 12. The maximum absolute atomic E-state index is 14.8. The van der Waals surface area contributed by atoms with Gasteiger partial charge in [0.1, 0.15) is 51.8 Å². The molecule has 4 heterocycles. The summed E-state index contributed by atoms with van der Waals surface area (Å²) in [6, 6.07) is 3.03. The first-order valence-electron chi connectivity index (χ1n) is 22.2.